The number of rotatable bonds is 6. The van der Waals surface area contributed by atoms with Crippen LogP contribution in [0.2, 0.25) is 0 Å². The summed E-state index contributed by atoms with van der Waals surface area (Å²) in [5, 5.41) is 4.75. The molecule has 0 unspecified atom stereocenters. The Hall–Kier alpha value is -1.85. The second-order valence-corrected chi connectivity index (χ2v) is 5.56. The van der Waals surface area contributed by atoms with Gasteiger partial charge in [-0.25, -0.2) is 0 Å². The summed E-state index contributed by atoms with van der Waals surface area (Å²) in [6, 6.07) is 11.1. The fraction of sp³-hybridized carbons (Fsp3) is 0.267. The largest absolute Gasteiger partial charge is 0.492 e. The molecule has 0 saturated heterocycles. The molecule has 0 fully saturated rings. The minimum absolute atomic E-state index is 0.0922. The smallest absolute Gasteiger partial charge is 0.265 e. The SMILES string of the molecule is CN(C)CCOc1cccc(NC(=O)c2cccs2)c1. The third-order valence-corrected chi connectivity index (χ3v) is 3.51. The van der Waals surface area contributed by atoms with Crippen LogP contribution in [0.5, 0.6) is 5.75 Å². The van der Waals surface area contributed by atoms with E-state index in [9.17, 15) is 4.79 Å². The van der Waals surface area contributed by atoms with Crippen molar-refractivity contribution >= 4 is 22.9 Å². The molecule has 1 aromatic carbocycles. The lowest BCUT2D eigenvalue weighted by Gasteiger charge is -2.12. The highest BCUT2D eigenvalue weighted by Gasteiger charge is 2.07. The average molecular weight is 290 g/mol. The Morgan fingerprint density at radius 2 is 2.15 bits per heavy atom. The number of amides is 1. The van der Waals surface area contributed by atoms with Crippen molar-refractivity contribution in [3.63, 3.8) is 0 Å². The van der Waals surface area contributed by atoms with E-state index in [-0.39, 0.29) is 5.91 Å². The summed E-state index contributed by atoms with van der Waals surface area (Å²) in [6.45, 7) is 1.47. The number of benzene rings is 1. The van der Waals surface area contributed by atoms with Crippen molar-refractivity contribution in [3.05, 3.63) is 46.7 Å². The molecule has 0 spiro atoms. The maximum atomic E-state index is 11.9. The third kappa shape index (κ3) is 4.36. The van der Waals surface area contributed by atoms with Gasteiger partial charge >= 0.3 is 0 Å². The summed E-state index contributed by atoms with van der Waals surface area (Å²) >= 11 is 1.42. The molecule has 0 bridgehead atoms. The Morgan fingerprint density at radius 3 is 2.85 bits per heavy atom. The minimum atomic E-state index is -0.0922. The number of ether oxygens (including phenoxy) is 1. The van der Waals surface area contributed by atoms with Crippen LogP contribution >= 0.6 is 11.3 Å². The number of carbonyl (C=O) groups excluding carboxylic acids is 1. The van der Waals surface area contributed by atoms with Gasteiger partial charge in [-0.3, -0.25) is 4.79 Å². The Labute approximate surface area is 123 Å². The van der Waals surface area contributed by atoms with E-state index in [0.717, 1.165) is 18.0 Å². The van der Waals surface area contributed by atoms with Crippen molar-refractivity contribution in [2.45, 2.75) is 0 Å². The summed E-state index contributed by atoms with van der Waals surface area (Å²) < 4.78 is 5.64. The molecule has 2 aromatic rings. The number of thiophene rings is 1. The van der Waals surface area contributed by atoms with E-state index in [0.29, 0.717) is 11.5 Å². The van der Waals surface area contributed by atoms with E-state index in [4.69, 9.17) is 4.74 Å². The summed E-state index contributed by atoms with van der Waals surface area (Å²) in [7, 11) is 4.00. The molecule has 1 aromatic heterocycles. The molecular weight excluding hydrogens is 272 g/mol. The molecule has 0 saturated carbocycles. The van der Waals surface area contributed by atoms with Crippen molar-refractivity contribution in [1.82, 2.24) is 4.90 Å². The predicted molar refractivity (Wildman–Crippen MR) is 82.8 cm³/mol. The van der Waals surface area contributed by atoms with Gasteiger partial charge in [0.25, 0.3) is 5.91 Å². The van der Waals surface area contributed by atoms with Gasteiger partial charge in [-0.2, -0.15) is 0 Å². The van der Waals surface area contributed by atoms with Gasteiger partial charge in [-0.05, 0) is 37.7 Å². The zero-order valence-corrected chi connectivity index (χ0v) is 12.4. The number of hydrogen-bond acceptors (Lipinski definition) is 4. The van der Waals surface area contributed by atoms with Crippen LogP contribution in [-0.2, 0) is 0 Å². The Bertz CT molecular complexity index is 553. The van der Waals surface area contributed by atoms with Crippen LogP contribution in [0.3, 0.4) is 0 Å². The van der Waals surface area contributed by atoms with Crippen LogP contribution in [0.4, 0.5) is 5.69 Å². The van der Waals surface area contributed by atoms with Crippen LogP contribution in [0.15, 0.2) is 41.8 Å². The molecule has 2 rings (SSSR count). The maximum Gasteiger partial charge on any atom is 0.265 e. The number of likely N-dealkylation sites (N-methyl/N-ethyl adjacent to an activating group) is 1. The first-order valence-corrected chi connectivity index (χ1v) is 7.25. The van der Waals surface area contributed by atoms with Gasteiger partial charge in [-0.1, -0.05) is 12.1 Å². The monoisotopic (exact) mass is 290 g/mol. The zero-order valence-electron chi connectivity index (χ0n) is 11.6. The summed E-state index contributed by atoms with van der Waals surface area (Å²) in [5.41, 5.74) is 0.741. The van der Waals surface area contributed by atoms with Gasteiger partial charge in [0.15, 0.2) is 0 Å². The topological polar surface area (TPSA) is 41.6 Å². The Morgan fingerprint density at radius 1 is 1.30 bits per heavy atom. The maximum absolute atomic E-state index is 11.9. The lowest BCUT2D eigenvalue weighted by atomic mass is 10.3. The lowest BCUT2D eigenvalue weighted by Crippen LogP contribution is -2.19. The normalized spacial score (nSPS) is 10.6. The number of hydrogen-bond donors (Lipinski definition) is 1. The quantitative estimate of drug-likeness (QED) is 0.889. The fourth-order valence-electron chi connectivity index (χ4n) is 1.61. The van der Waals surface area contributed by atoms with Crippen molar-refractivity contribution in [2.75, 3.05) is 32.6 Å². The van der Waals surface area contributed by atoms with Crippen molar-refractivity contribution in [3.8, 4) is 5.75 Å². The molecule has 1 amide bonds. The summed E-state index contributed by atoms with van der Waals surface area (Å²) in [5.74, 6) is 0.668. The van der Waals surface area contributed by atoms with Gasteiger partial charge in [0.1, 0.15) is 12.4 Å². The number of nitrogens with zero attached hydrogens (tertiary/aromatic N) is 1. The number of anilines is 1. The number of nitrogens with one attached hydrogen (secondary N) is 1. The van der Waals surface area contributed by atoms with Gasteiger partial charge in [-0.15, -0.1) is 11.3 Å². The van der Waals surface area contributed by atoms with Crippen molar-refractivity contribution in [2.24, 2.45) is 0 Å². The molecule has 0 radical (unpaired) electrons. The van der Waals surface area contributed by atoms with Crippen molar-refractivity contribution < 1.29 is 9.53 Å². The average Bonchev–Trinajstić information content (AvgIpc) is 2.92. The molecule has 4 nitrogen and oxygen atoms in total. The Kier molecular flexibility index (Phi) is 5.15. The first-order valence-electron chi connectivity index (χ1n) is 6.37. The standard InChI is InChI=1S/C15H18N2O2S/c1-17(2)8-9-19-13-6-3-5-12(11-13)16-15(18)14-7-4-10-20-14/h3-7,10-11H,8-9H2,1-2H3,(H,16,18). The summed E-state index contributed by atoms with van der Waals surface area (Å²) in [6.07, 6.45) is 0. The van der Waals surface area contributed by atoms with Crippen LogP contribution in [0, 0.1) is 0 Å². The second kappa shape index (κ2) is 7.07. The molecule has 20 heavy (non-hydrogen) atoms. The van der Waals surface area contributed by atoms with Gasteiger partial charge in [0.2, 0.25) is 0 Å². The molecule has 106 valence electrons. The van der Waals surface area contributed by atoms with E-state index in [1.54, 1.807) is 6.07 Å². The van der Waals surface area contributed by atoms with E-state index >= 15 is 0 Å². The minimum Gasteiger partial charge on any atom is -0.492 e. The molecule has 0 aliphatic heterocycles. The first-order chi connectivity index (χ1) is 9.65. The molecule has 0 atom stereocenters. The molecule has 1 heterocycles. The Balaban J connectivity index is 1.94. The molecule has 0 aliphatic carbocycles. The fourth-order valence-corrected chi connectivity index (χ4v) is 2.23. The predicted octanol–water partition coefficient (Wildman–Crippen LogP) is 2.94. The highest BCUT2D eigenvalue weighted by molar-refractivity contribution is 7.12. The lowest BCUT2D eigenvalue weighted by molar-refractivity contribution is 0.103. The van der Waals surface area contributed by atoms with Crippen LogP contribution in [0.1, 0.15) is 9.67 Å². The molecule has 1 N–H and O–H groups in total. The zero-order chi connectivity index (χ0) is 14.4. The molecule has 0 aliphatic rings. The second-order valence-electron chi connectivity index (χ2n) is 4.61. The van der Waals surface area contributed by atoms with E-state index in [1.165, 1.54) is 11.3 Å². The highest BCUT2D eigenvalue weighted by Crippen LogP contribution is 2.19. The highest BCUT2D eigenvalue weighted by atomic mass is 32.1. The van der Waals surface area contributed by atoms with Crippen molar-refractivity contribution in [1.29, 1.82) is 0 Å². The van der Waals surface area contributed by atoms with Gasteiger partial charge in [0, 0.05) is 18.3 Å². The summed E-state index contributed by atoms with van der Waals surface area (Å²) in [4.78, 5) is 14.7. The third-order valence-electron chi connectivity index (χ3n) is 2.64. The van der Waals surface area contributed by atoms with E-state index in [1.807, 2.05) is 49.8 Å². The van der Waals surface area contributed by atoms with E-state index in [2.05, 4.69) is 10.2 Å². The van der Waals surface area contributed by atoms with Crippen LogP contribution in [-0.4, -0.2) is 38.1 Å². The van der Waals surface area contributed by atoms with E-state index < -0.39 is 0 Å². The van der Waals surface area contributed by atoms with Gasteiger partial charge < -0.3 is 15.0 Å². The van der Waals surface area contributed by atoms with Crippen LogP contribution in [0.25, 0.3) is 0 Å². The van der Waals surface area contributed by atoms with Crippen LogP contribution < -0.4 is 10.1 Å². The molecule has 5 heteroatoms. The van der Waals surface area contributed by atoms with Gasteiger partial charge in [0.05, 0.1) is 4.88 Å². The first kappa shape index (κ1) is 14.6. The molecular formula is C15H18N2O2S. The number of carbonyl (C=O) groups is 1.